The largest absolute Gasteiger partial charge is 0.497 e. The topological polar surface area (TPSA) is 96.0 Å². The van der Waals surface area contributed by atoms with E-state index in [-0.39, 0.29) is 18.5 Å². The summed E-state index contributed by atoms with van der Waals surface area (Å²) >= 11 is 0. The van der Waals surface area contributed by atoms with Gasteiger partial charge in [-0.3, -0.25) is 13.9 Å². The van der Waals surface area contributed by atoms with E-state index in [0.717, 1.165) is 47.4 Å². The zero-order chi connectivity index (χ0) is 27.7. The average Bonchev–Trinajstić information content (AvgIpc) is 2.91. The van der Waals surface area contributed by atoms with Crippen LogP contribution < -0.4 is 14.4 Å². The maximum Gasteiger partial charge on any atom is 0.244 e. The second kappa shape index (κ2) is 13.6. The van der Waals surface area contributed by atoms with Crippen molar-refractivity contribution in [3.63, 3.8) is 0 Å². The second-order valence-corrected chi connectivity index (χ2v) is 11.8. The summed E-state index contributed by atoms with van der Waals surface area (Å²) < 4.78 is 32.3. The second-order valence-electron chi connectivity index (χ2n) is 9.89. The number of hydrogen-bond acceptors (Lipinski definition) is 5. The maximum absolute atomic E-state index is 13.9. The lowest BCUT2D eigenvalue weighted by molar-refractivity contribution is -0.140. The number of nitrogens with zero attached hydrogens (tertiary/aromatic N) is 2. The zero-order valence-electron chi connectivity index (χ0n) is 23.0. The highest BCUT2D eigenvalue weighted by Gasteiger charge is 2.33. The predicted molar refractivity (Wildman–Crippen MR) is 151 cm³/mol. The molecule has 3 rings (SSSR count). The first kappa shape index (κ1) is 29.5. The molecule has 0 bridgehead atoms. The lowest BCUT2D eigenvalue weighted by Crippen LogP contribution is -2.54. The van der Waals surface area contributed by atoms with Crippen LogP contribution in [-0.2, 0) is 32.6 Å². The molecule has 9 heteroatoms. The van der Waals surface area contributed by atoms with Gasteiger partial charge in [0, 0.05) is 12.6 Å². The first-order valence-electron chi connectivity index (χ1n) is 13.5. The van der Waals surface area contributed by atoms with Gasteiger partial charge < -0.3 is 15.0 Å². The van der Waals surface area contributed by atoms with E-state index in [1.54, 1.807) is 19.2 Å². The fraction of sp³-hybridized carbons (Fsp3) is 0.517. The standard InChI is InChI=1S/C29H41N3O5S/c1-5-23-14-10-11-18-27(23)32(38(4,35)36)21-28(33)31(20-22-13-12-17-25(19-22)37-3)26(6-2)29(34)30-24-15-8-7-9-16-24/h10-14,17-19,24,26H,5-9,15-16,20-21H2,1-4H3,(H,30,34)/t26-/m0/s1. The average molecular weight is 544 g/mol. The van der Waals surface area contributed by atoms with Crippen LogP contribution in [0.15, 0.2) is 48.5 Å². The van der Waals surface area contributed by atoms with Gasteiger partial charge in [-0.2, -0.15) is 0 Å². The van der Waals surface area contributed by atoms with Crippen molar-refractivity contribution >= 4 is 27.5 Å². The summed E-state index contributed by atoms with van der Waals surface area (Å²) in [4.78, 5) is 28.9. The molecular weight excluding hydrogens is 502 g/mol. The third kappa shape index (κ3) is 7.72. The Bertz CT molecular complexity index is 1190. The Balaban J connectivity index is 1.95. The van der Waals surface area contributed by atoms with E-state index in [2.05, 4.69) is 5.32 Å². The lowest BCUT2D eigenvalue weighted by Gasteiger charge is -2.34. The quantitative estimate of drug-likeness (QED) is 0.431. The van der Waals surface area contributed by atoms with Crippen LogP contribution in [0.25, 0.3) is 0 Å². The molecule has 2 amide bonds. The number of benzene rings is 2. The minimum atomic E-state index is -3.77. The molecule has 0 unspecified atom stereocenters. The molecule has 2 aromatic carbocycles. The Morgan fingerprint density at radius 2 is 1.76 bits per heavy atom. The smallest absolute Gasteiger partial charge is 0.244 e. The summed E-state index contributed by atoms with van der Waals surface area (Å²) in [6.45, 7) is 3.57. The minimum Gasteiger partial charge on any atom is -0.497 e. The SMILES string of the molecule is CCc1ccccc1N(CC(=O)N(Cc1cccc(OC)c1)[C@@H](CC)C(=O)NC1CCCCC1)S(C)(=O)=O. The van der Waals surface area contributed by atoms with Crippen LogP contribution in [0.4, 0.5) is 5.69 Å². The van der Waals surface area contributed by atoms with Crippen molar-refractivity contribution in [3.8, 4) is 5.75 Å². The molecule has 0 aromatic heterocycles. The van der Waals surface area contributed by atoms with Crippen molar-refractivity contribution in [1.82, 2.24) is 10.2 Å². The first-order valence-corrected chi connectivity index (χ1v) is 15.3. The van der Waals surface area contributed by atoms with E-state index in [1.807, 2.05) is 50.2 Å². The normalized spacial score (nSPS) is 14.9. The zero-order valence-corrected chi connectivity index (χ0v) is 23.8. The molecule has 1 fully saturated rings. The molecule has 0 radical (unpaired) electrons. The minimum absolute atomic E-state index is 0.100. The highest BCUT2D eigenvalue weighted by atomic mass is 32.2. The van der Waals surface area contributed by atoms with Gasteiger partial charge in [-0.25, -0.2) is 8.42 Å². The molecule has 0 saturated heterocycles. The van der Waals surface area contributed by atoms with Gasteiger partial charge in [0.2, 0.25) is 21.8 Å². The number of nitrogens with one attached hydrogen (secondary N) is 1. The third-order valence-electron chi connectivity index (χ3n) is 7.14. The Kier molecular flexibility index (Phi) is 10.6. The predicted octanol–water partition coefficient (Wildman–Crippen LogP) is 4.28. The summed E-state index contributed by atoms with van der Waals surface area (Å²) in [5.74, 6) is 0.00884. The summed E-state index contributed by atoms with van der Waals surface area (Å²) in [6.07, 6.45) is 7.31. The number of methoxy groups -OCH3 is 1. The van der Waals surface area contributed by atoms with Gasteiger partial charge in [0.05, 0.1) is 19.1 Å². The molecular formula is C29H41N3O5S. The number of amides is 2. The number of carbonyl (C=O) groups excluding carboxylic acids is 2. The van der Waals surface area contributed by atoms with Crippen molar-refractivity contribution in [2.75, 3.05) is 24.2 Å². The Hall–Kier alpha value is -3.07. The molecule has 1 saturated carbocycles. The van der Waals surface area contributed by atoms with Gasteiger partial charge in [0.1, 0.15) is 18.3 Å². The fourth-order valence-corrected chi connectivity index (χ4v) is 5.96. The third-order valence-corrected chi connectivity index (χ3v) is 8.27. The highest BCUT2D eigenvalue weighted by Crippen LogP contribution is 2.25. The molecule has 0 heterocycles. The summed E-state index contributed by atoms with van der Waals surface area (Å²) in [6, 6.07) is 13.9. The van der Waals surface area contributed by atoms with E-state index < -0.39 is 28.5 Å². The van der Waals surface area contributed by atoms with Crippen LogP contribution in [0.5, 0.6) is 5.75 Å². The molecule has 208 valence electrons. The van der Waals surface area contributed by atoms with Gasteiger partial charge >= 0.3 is 0 Å². The molecule has 0 spiro atoms. The molecule has 2 aromatic rings. The van der Waals surface area contributed by atoms with Crippen molar-refractivity contribution in [1.29, 1.82) is 0 Å². The van der Waals surface area contributed by atoms with E-state index in [0.29, 0.717) is 24.3 Å². The Morgan fingerprint density at radius 1 is 1.05 bits per heavy atom. The summed E-state index contributed by atoms with van der Waals surface area (Å²) in [5, 5.41) is 3.16. The summed E-state index contributed by atoms with van der Waals surface area (Å²) in [5.41, 5.74) is 2.10. The number of para-hydroxylation sites is 1. The van der Waals surface area contributed by atoms with Gasteiger partial charge in [0.25, 0.3) is 0 Å². The number of anilines is 1. The molecule has 0 aliphatic heterocycles. The van der Waals surface area contributed by atoms with Gasteiger partial charge in [-0.1, -0.05) is 63.4 Å². The van der Waals surface area contributed by atoms with Crippen LogP contribution in [0.3, 0.4) is 0 Å². The molecule has 38 heavy (non-hydrogen) atoms. The summed E-state index contributed by atoms with van der Waals surface area (Å²) in [7, 11) is -2.20. The molecule has 1 aliphatic rings. The van der Waals surface area contributed by atoms with E-state index in [4.69, 9.17) is 4.74 Å². The van der Waals surface area contributed by atoms with Crippen LogP contribution in [0, 0.1) is 0 Å². The first-order chi connectivity index (χ1) is 18.2. The van der Waals surface area contributed by atoms with Crippen molar-refractivity contribution in [2.45, 2.75) is 77.4 Å². The monoisotopic (exact) mass is 543 g/mol. The van der Waals surface area contributed by atoms with Crippen LogP contribution in [-0.4, -0.2) is 57.1 Å². The number of hydrogen-bond donors (Lipinski definition) is 1. The van der Waals surface area contributed by atoms with Crippen molar-refractivity contribution < 1.29 is 22.7 Å². The number of ether oxygens (including phenoxy) is 1. The molecule has 8 nitrogen and oxygen atoms in total. The Labute approximate surface area is 227 Å². The van der Waals surface area contributed by atoms with Crippen molar-refractivity contribution in [2.24, 2.45) is 0 Å². The van der Waals surface area contributed by atoms with Gasteiger partial charge in [-0.05, 0) is 55.0 Å². The molecule has 1 aliphatic carbocycles. The van der Waals surface area contributed by atoms with Gasteiger partial charge in [-0.15, -0.1) is 0 Å². The highest BCUT2D eigenvalue weighted by molar-refractivity contribution is 7.92. The van der Waals surface area contributed by atoms with E-state index >= 15 is 0 Å². The fourth-order valence-electron chi connectivity index (χ4n) is 5.08. The maximum atomic E-state index is 13.9. The van der Waals surface area contributed by atoms with E-state index in [1.165, 1.54) is 11.3 Å². The van der Waals surface area contributed by atoms with E-state index in [9.17, 15) is 18.0 Å². The number of sulfonamides is 1. The lowest BCUT2D eigenvalue weighted by atomic mass is 9.95. The number of aryl methyl sites for hydroxylation is 1. The van der Waals surface area contributed by atoms with Crippen LogP contribution in [0.1, 0.15) is 63.5 Å². The number of rotatable bonds is 12. The number of carbonyl (C=O) groups is 2. The molecule has 1 atom stereocenters. The van der Waals surface area contributed by atoms with Crippen LogP contribution >= 0.6 is 0 Å². The van der Waals surface area contributed by atoms with Crippen molar-refractivity contribution in [3.05, 3.63) is 59.7 Å². The van der Waals surface area contributed by atoms with Crippen LogP contribution in [0.2, 0.25) is 0 Å². The Morgan fingerprint density at radius 3 is 2.39 bits per heavy atom. The van der Waals surface area contributed by atoms with Gasteiger partial charge in [0.15, 0.2) is 0 Å². The molecule has 1 N–H and O–H groups in total.